The molecule has 0 aromatic heterocycles. The molecule has 1 aliphatic rings. The van der Waals surface area contributed by atoms with Crippen molar-refractivity contribution < 1.29 is 9.59 Å². The summed E-state index contributed by atoms with van der Waals surface area (Å²) in [5.41, 5.74) is 3.08. The summed E-state index contributed by atoms with van der Waals surface area (Å²) in [4.78, 5) is 27.5. The zero-order valence-corrected chi connectivity index (χ0v) is 16.8. The van der Waals surface area contributed by atoms with Crippen LogP contribution in [0.3, 0.4) is 0 Å². The van der Waals surface area contributed by atoms with E-state index in [1.54, 1.807) is 0 Å². The number of nitrogens with one attached hydrogen (secondary N) is 2. The number of likely N-dealkylation sites (tertiary alicyclic amines) is 1. The van der Waals surface area contributed by atoms with Crippen LogP contribution in [0.25, 0.3) is 0 Å². The Kier molecular flexibility index (Phi) is 6.34. The van der Waals surface area contributed by atoms with E-state index in [0.717, 1.165) is 24.1 Å². The van der Waals surface area contributed by atoms with Crippen LogP contribution in [0.15, 0.2) is 54.6 Å². The second-order valence-corrected chi connectivity index (χ2v) is 7.82. The maximum atomic E-state index is 12.9. The van der Waals surface area contributed by atoms with Gasteiger partial charge >= 0.3 is 6.03 Å². The molecule has 148 valence electrons. The van der Waals surface area contributed by atoms with Crippen LogP contribution in [0.1, 0.15) is 43.9 Å². The number of carbonyl (C=O) groups is 2. The Morgan fingerprint density at radius 3 is 2.46 bits per heavy atom. The first kappa shape index (κ1) is 19.9. The van der Waals surface area contributed by atoms with Crippen molar-refractivity contribution in [2.45, 2.75) is 45.7 Å². The number of para-hydroxylation sites is 1. The van der Waals surface area contributed by atoms with Gasteiger partial charge in [0.15, 0.2) is 0 Å². The average molecular weight is 380 g/mol. The van der Waals surface area contributed by atoms with E-state index in [-0.39, 0.29) is 29.9 Å². The highest BCUT2D eigenvalue weighted by atomic mass is 16.2. The van der Waals surface area contributed by atoms with Crippen LogP contribution in [0.5, 0.6) is 0 Å². The van der Waals surface area contributed by atoms with E-state index in [0.29, 0.717) is 6.54 Å². The fraction of sp³-hybridized carbons (Fsp3) is 0.391. The lowest BCUT2D eigenvalue weighted by Gasteiger charge is -2.40. The van der Waals surface area contributed by atoms with Crippen LogP contribution < -0.4 is 10.6 Å². The summed E-state index contributed by atoms with van der Waals surface area (Å²) in [5, 5.41) is 5.97. The molecule has 1 saturated heterocycles. The second kappa shape index (κ2) is 8.91. The van der Waals surface area contributed by atoms with Gasteiger partial charge in [-0.05, 0) is 51.3 Å². The molecule has 1 aliphatic heterocycles. The molecule has 28 heavy (non-hydrogen) atoms. The van der Waals surface area contributed by atoms with Crippen LogP contribution in [-0.2, 0) is 4.79 Å². The number of carbonyl (C=O) groups excluding carboxylic acids is 2. The van der Waals surface area contributed by atoms with Gasteiger partial charge in [-0.2, -0.15) is 0 Å². The van der Waals surface area contributed by atoms with E-state index in [2.05, 4.69) is 35.8 Å². The Bertz CT molecular complexity index is 820. The van der Waals surface area contributed by atoms with E-state index >= 15 is 0 Å². The Balaban J connectivity index is 1.78. The van der Waals surface area contributed by atoms with Gasteiger partial charge < -0.3 is 15.5 Å². The summed E-state index contributed by atoms with van der Waals surface area (Å²) in [6, 6.07) is 17.7. The molecule has 3 amide bonds. The molecule has 5 heteroatoms. The van der Waals surface area contributed by atoms with Gasteiger partial charge in [0.05, 0.1) is 12.0 Å². The molecule has 0 radical (unpaired) electrons. The molecule has 0 saturated carbocycles. The van der Waals surface area contributed by atoms with Crippen molar-refractivity contribution in [2.75, 3.05) is 11.9 Å². The largest absolute Gasteiger partial charge is 0.336 e. The first-order chi connectivity index (χ1) is 13.4. The summed E-state index contributed by atoms with van der Waals surface area (Å²) >= 11 is 0. The first-order valence-electron chi connectivity index (χ1n) is 9.93. The van der Waals surface area contributed by atoms with Crippen molar-refractivity contribution in [1.29, 1.82) is 0 Å². The molecular formula is C23H29N3O2. The minimum absolute atomic E-state index is 0.0144. The number of aryl methyl sites for hydroxylation is 1. The molecular weight excluding hydrogens is 350 g/mol. The Labute approximate surface area is 167 Å². The molecule has 3 rings (SSSR count). The summed E-state index contributed by atoms with van der Waals surface area (Å²) in [7, 11) is 0. The van der Waals surface area contributed by atoms with Gasteiger partial charge in [-0.15, -0.1) is 0 Å². The maximum absolute atomic E-state index is 12.9. The van der Waals surface area contributed by atoms with E-state index in [1.807, 2.05) is 55.1 Å². The molecule has 2 aromatic rings. The fourth-order valence-corrected chi connectivity index (χ4v) is 3.73. The molecule has 0 spiro atoms. The number of amides is 3. The topological polar surface area (TPSA) is 61.4 Å². The van der Waals surface area contributed by atoms with Crippen molar-refractivity contribution in [3.63, 3.8) is 0 Å². The van der Waals surface area contributed by atoms with Crippen LogP contribution in [0.4, 0.5) is 10.5 Å². The number of nitrogens with zero attached hydrogens (tertiary/aromatic N) is 1. The normalized spacial score (nSPS) is 19.4. The number of urea groups is 1. The van der Waals surface area contributed by atoms with Gasteiger partial charge in [0.1, 0.15) is 0 Å². The number of piperidine rings is 1. The van der Waals surface area contributed by atoms with Crippen LogP contribution in [0.2, 0.25) is 0 Å². The lowest BCUT2D eigenvalue weighted by atomic mass is 9.88. The van der Waals surface area contributed by atoms with E-state index < -0.39 is 0 Å². The predicted octanol–water partition coefficient (Wildman–Crippen LogP) is 4.50. The number of hydrogen-bond acceptors (Lipinski definition) is 2. The molecule has 2 aromatic carbocycles. The summed E-state index contributed by atoms with van der Waals surface area (Å²) in [6.07, 6.45) is 1.52. The summed E-state index contributed by atoms with van der Waals surface area (Å²) < 4.78 is 0. The Morgan fingerprint density at radius 2 is 1.79 bits per heavy atom. The Hall–Kier alpha value is -2.82. The average Bonchev–Trinajstić information content (AvgIpc) is 2.67. The predicted molar refractivity (Wildman–Crippen MR) is 112 cm³/mol. The standard InChI is InChI=1S/C23H29N3O2/c1-16(2)24-23(28)26-15-19(22(27)25-20-10-5-4-6-11-20)12-13-21(26)18-9-7-8-17(3)14-18/h4-11,14,16,19,21H,12-13,15H2,1-3H3,(H,24,28)(H,25,27). The van der Waals surface area contributed by atoms with Crippen molar-refractivity contribution in [3.8, 4) is 0 Å². The van der Waals surface area contributed by atoms with E-state index in [9.17, 15) is 9.59 Å². The van der Waals surface area contributed by atoms with E-state index in [4.69, 9.17) is 0 Å². The third-order valence-electron chi connectivity index (χ3n) is 5.09. The summed E-state index contributed by atoms with van der Waals surface area (Å²) in [6.45, 7) is 6.36. The van der Waals surface area contributed by atoms with Gasteiger partial charge in [-0.3, -0.25) is 4.79 Å². The molecule has 0 bridgehead atoms. The smallest absolute Gasteiger partial charge is 0.318 e. The summed E-state index contributed by atoms with van der Waals surface area (Å²) in [5.74, 6) is -0.254. The van der Waals surface area contributed by atoms with Gasteiger partial charge in [0.2, 0.25) is 5.91 Å². The fourth-order valence-electron chi connectivity index (χ4n) is 3.73. The molecule has 1 fully saturated rings. The highest BCUT2D eigenvalue weighted by Gasteiger charge is 2.35. The minimum atomic E-state index is -0.223. The molecule has 2 N–H and O–H groups in total. The number of benzene rings is 2. The van der Waals surface area contributed by atoms with Crippen molar-refractivity contribution in [2.24, 2.45) is 5.92 Å². The monoisotopic (exact) mass is 379 g/mol. The van der Waals surface area contributed by atoms with Crippen molar-refractivity contribution in [1.82, 2.24) is 10.2 Å². The number of hydrogen-bond donors (Lipinski definition) is 2. The zero-order chi connectivity index (χ0) is 20.1. The molecule has 2 unspecified atom stereocenters. The third-order valence-corrected chi connectivity index (χ3v) is 5.09. The van der Waals surface area contributed by atoms with Crippen LogP contribution in [0, 0.1) is 12.8 Å². The minimum Gasteiger partial charge on any atom is -0.336 e. The maximum Gasteiger partial charge on any atom is 0.318 e. The van der Waals surface area contributed by atoms with Gasteiger partial charge in [-0.1, -0.05) is 48.0 Å². The zero-order valence-electron chi connectivity index (χ0n) is 16.8. The SMILES string of the molecule is Cc1cccc(C2CCC(C(=O)Nc3ccccc3)CN2C(=O)NC(C)C)c1. The second-order valence-electron chi connectivity index (χ2n) is 7.82. The van der Waals surface area contributed by atoms with Crippen molar-refractivity contribution >= 4 is 17.6 Å². The van der Waals surface area contributed by atoms with E-state index in [1.165, 1.54) is 5.56 Å². The van der Waals surface area contributed by atoms with Crippen molar-refractivity contribution in [3.05, 3.63) is 65.7 Å². The third kappa shape index (κ3) is 4.91. The molecule has 1 heterocycles. The van der Waals surface area contributed by atoms with Gasteiger partial charge in [-0.25, -0.2) is 4.79 Å². The lowest BCUT2D eigenvalue weighted by Crippen LogP contribution is -2.50. The Morgan fingerprint density at radius 1 is 1.04 bits per heavy atom. The van der Waals surface area contributed by atoms with Gasteiger partial charge in [0.25, 0.3) is 0 Å². The highest BCUT2D eigenvalue weighted by Crippen LogP contribution is 2.34. The highest BCUT2D eigenvalue weighted by molar-refractivity contribution is 5.93. The first-order valence-corrected chi connectivity index (χ1v) is 9.93. The number of anilines is 1. The quantitative estimate of drug-likeness (QED) is 0.821. The van der Waals surface area contributed by atoms with Crippen LogP contribution in [-0.4, -0.2) is 29.4 Å². The van der Waals surface area contributed by atoms with Crippen LogP contribution >= 0.6 is 0 Å². The number of rotatable bonds is 4. The molecule has 0 aliphatic carbocycles. The lowest BCUT2D eigenvalue weighted by molar-refractivity contribution is -0.121. The molecule has 2 atom stereocenters. The van der Waals surface area contributed by atoms with Gasteiger partial charge in [0, 0.05) is 18.3 Å². The molecule has 5 nitrogen and oxygen atoms in total.